The third-order valence-corrected chi connectivity index (χ3v) is 7.69. The molecule has 0 aliphatic carbocycles. The molecule has 0 radical (unpaired) electrons. The van der Waals surface area contributed by atoms with Crippen LogP contribution in [0.5, 0.6) is 34.5 Å². The molecule has 212 valence electrons. The van der Waals surface area contributed by atoms with Gasteiger partial charge in [-0.25, -0.2) is 0 Å². The van der Waals surface area contributed by atoms with Gasteiger partial charge in [0.15, 0.2) is 23.0 Å². The Morgan fingerprint density at radius 1 is 0.475 bits per heavy atom. The van der Waals surface area contributed by atoms with Crippen LogP contribution in [0.1, 0.15) is 11.1 Å². The average Bonchev–Trinajstić information content (AvgIpc) is 2.99. The molecule has 8 nitrogen and oxygen atoms in total. The summed E-state index contributed by atoms with van der Waals surface area (Å²) in [6.45, 7) is 5.78. The second-order valence-electron chi connectivity index (χ2n) is 9.95. The molecule has 40 heavy (non-hydrogen) atoms. The first-order valence-electron chi connectivity index (χ1n) is 13.4. The molecule has 0 N–H and O–H groups in total. The Kier molecular flexibility index (Phi) is 8.38. The predicted molar refractivity (Wildman–Crippen MR) is 158 cm³/mol. The molecule has 0 unspecified atom stereocenters. The SMILES string of the molecule is COc1cc2ccc(CN3CCN(Cc4ccc5cc(OC)c(OC)c(OC)c5c4)CC3)cc2c(OC)c1OC. The number of fused-ring (bicyclic) bond motifs is 2. The molecule has 1 saturated heterocycles. The van der Waals surface area contributed by atoms with Crippen LogP contribution in [0.4, 0.5) is 0 Å². The molecule has 1 heterocycles. The summed E-state index contributed by atoms with van der Waals surface area (Å²) < 4.78 is 33.7. The van der Waals surface area contributed by atoms with E-state index in [1.165, 1.54) is 11.1 Å². The fourth-order valence-electron chi connectivity index (χ4n) is 5.65. The normalized spacial score (nSPS) is 14.3. The van der Waals surface area contributed by atoms with Gasteiger partial charge in [0.25, 0.3) is 0 Å². The first-order chi connectivity index (χ1) is 19.5. The van der Waals surface area contributed by atoms with Crippen LogP contribution in [0.3, 0.4) is 0 Å². The van der Waals surface area contributed by atoms with Crippen molar-refractivity contribution in [1.29, 1.82) is 0 Å². The number of nitrogens with zero attached hydrogens (tertiary/aromatic N) is 2. The summed E-state index contributed by atoms with van der Waals surface area (Å²) in [5.74, 6) is 3.97. The molecule has 0 aromatic heterocycles. The highest BCUT2D eigenvalue weighted by atomic mass is 16.5. The van der Waals surface area contributed by atoms with E-state index >= 15 is 0 Å². The molecule has 0 amide bonds. The molecule has 1 aliphatic heterocycles. The number of hydrogen-bond acceptors (Lipinski definition) is 8. The van der Waals surface area contributed by atoms with Gasteiger partial charge in [-0.2, -0.15) is 0 Å². The molecule has 4 aromatic carbocycles. The number of ether oxygens (including phenoxy) is 6. The van der Waals surface area contributed by atoms with E-state index in [4.69, 9.17) is 28.4 Å². The number of hydrogen-bond donors (Lipinski definition) is 0. The topological polar surface area (TPSA) is 61.9 Å². The van der Waals surface area contributed by atoms with E-state index in [2.05, 4.69) is 46.2 Å². The molecule has 1 aliphatic rings. The van der Waals surface area contributed by atoms with Crippen LogP contribution in [0, 0.1) is 0 Å². The summed E-state index contributed by atoms with van der Waals surface area (Å²) in [4.78, 5) is 5.01. The highest BCUT2D eigenvalue weighted by molar-refractivity contribution is 5.94. The van der Waals surface area contributed by atoms with Crippen LogP contribution in [-0.2, 0) is 13.1 Å². The van der Waals surface area contributed by atoms with E-state index < -0.39 is 0 Å². The minimum Gasteiger partial charge on any atom is -0.493 e. The largest absolute Gasteiger partial charge is 0.493 e. The molecule has 1 fully saturated rings. The van der Waals surface area contributed by atoms with Crippen LogP contribution in [0.2, 0.25) is 0 Å². The van der Waals surface area contributed by atoms with E-state index in [9.17, 15) is 0 Å². The lowest BCUT2D eigenvalue weighted by atomic mass is 10.0. The van der Waals surface area contributed by atoms with Gasteiger partial charge < -0.3 is 28.4 Å². The van der Waals surface area contributed by atoms with E-state index in [1.807, 2.05) is 12.1 Å². The number of methoxy groups -OCH3 is 6. The molecule has 8 heteroatoms. The number of benzene rings is 4. The maximum absolute atomic E-state index is 5.73. The molecule has 0 saturated carbocycles. The third kappa shape index (κ3) is 5.29. The van der Waals surface area contributed by atoms with Crippen LogP contribution in [0.15, 0.2) is 48.5 Å². The van der Waals surface area contributed by atoms with E-state index in [-0.39, 0.29) is 0 Å². The van der Waals surface area contributed by atoms with Crippen molar-refractivity contribution in [3.8, 4) is 34.5 Å². The summed E-state index contributed by atoms with van der Waals surface area (Å²) in [7, 11) is 9.89. The van der Waals surface area contributed by atoms with E-state index in [0.717, 1.165) is 60.8 Å². The van der Waals surface area contributed by atoms with Crippen molar-refractivity contribution in [2.45, 2.75) is 13.1 Å². The molecular formula is C32H38N2O6. The van der Waals surface area contributed by atoms with E-state index in [0.29, 0.717) is 34.5 Å². The van der Waals surface area contributed by atoms with Gasteiger partial charge in [0, 0.05) is 50.0 Å². The highest BCUT2D eigenvalue weighted by Crippen LogP contribution is 2.44. The summed E-state index contributed by atoms with van der Waals surface area (Å²) in [6, 6.07) is 17.0. The number of piperazine rings is 1. The Morgan fingerprint density at radius 3 is 1.18 bits per heavy atom. The standard InChI is InChI=1S/C32H38N2O6/c1-35-27-17-23-9-7-21(15-25(23)29(37-3)31(27)39-5)19-33-11-13-34(14-12-33)20-22-8-10-24-18-28(36-2)32(40-6)30(38-4)26(24)16-22/h7-10,15-18H,11-14,19-20H2,1-6H3. The zero-order chi connectivity index (χ0) is 28.2. The minimum absolute atomic E-state index is 0.618. The molecule has 0 atom stereocenters. The zero-order valence-corrected chi connectivity index (χ0v) is 24.2. The Bertz CT molecular complexity index is 1380. The van der Waals surface area contributed by atoms with Gasteiger partial charge >= 0.3 is 0 Å². The monoisotopic (exact) mass is 546 g/mol. The van der Waals surface area contributed by atoms with Gasteiger partial charge in [-0.05, 0) is 46.2 Å². The van der Waals surface area contributed by atoms with Gasteiger partial charge in [-0.3, -0.25) is 9.80 Å². The quantitative estimate of drug-likeness (QED) is 0.263. The van der Waals surface area contributed by atoms with Crippen molar-refractivity contribution in [2.24, 2.45) is 0 Å². The second kappa shape index (κ2) is 12.1. The molecular weight excluding hydrogens is 508 g/mol. The summed E-state index contributed by atoms with van der Waals surface area (Å²) in [5.41, 5.74) is 2.50. The molecule has 0 bridgehead atoms. The zero-order valence-electron chi connectivity index (χ0n) is 24.2. The predicted octanol–water partition coefficient (Wildman–Crippen LogP) is 5.36. The Morgan fingerprint density at radius 2 is 0.850 bits per heavy atom. The molecule has 4 aromatic rings. The second-order valence-corrected chi connectivity index (χ2v) is 9.95. The van der Waals surface area contributed by atoms with Crippen molar-refractivity contribution >= 4 is 21.5 Å². The minimum atomic E-state index is 0.618. The van der Waals surface area contributed by atoms with Crippen LogP contribution in [-0.4, -0.2) is 78.6 Å². The van der Waals surface area contributed by atoms with Gasteiger partial charge in [-0.1, -0.05) is 24.3 Å². The first kappa shape index (κ1) is 27.7. The maximum Gasteiger partial charge on any atom is 0.203 e. The number of rotatable bonds is 10. The molecule has 5 rings (SSSR count). The maximum atomic E-state index is 5.73. The Labute approximate surface area is 235 Å². The van der Waals surface area contributed by atoms with Crippen LogP contribution >= 0.6 is 0 Å². The van der Waals surface area contributed by atoms with Crippen molar-refractivity contribution in [1.82, 2.24) is 9.80 Å². The van der Waals surface area contributed by atoms with Crippen LogP contribution < -0.4 is 28.4 Å². The van der Waals surface area contributed by atoms with Crippen molar-refractivity contribution in [3.63, 3.8) is 0 Å². The molecule has 0 spiro atoms. The summed E-state index contributed by atoms with van der Waals surface area (Å²) in [5, 5.41) is 4.17. The van der Waals surface area contributed by atoms with Crippen LogP contribution in [0.25, 0.3) is 21.5 Å². The van der Waals surface area contributed by atoms with Crippen molar-refractivity contribution in [2.75, 3.05) is 68.8 Å². The Hall–Kier alpha value is -3.88. The summed E-state index contributed by atoms with van der Waals surface area (Å²) >= 11 is 0. The average molecular weight is 547 g/mol. The lowest BCUT2D eigenvalue weighted by Gasteiger charge is -2.35. The Balaban J connectivity index is 1.27. The fraction of sp³-hybridized carbons (Fsp3) is 0.375. The van der Waals surface area contributed by atoms with Gasteiger partial charge in [0.1, 0.15) is 0 Å². The smallest absolute Gasteiger partial charge is 0.203 e. The fourth-order valence-corrected chi connectivity index (χ4v) is 5.65. The van der Waals surface area contributed by atoms with Crippen molar-refractivity contribution in [3.05, 3.63) is 59.7 Å². The van der Waals surface area contributed by atoms with E-state index in [1.54, 1.807) is 42.7 Å². The van der Waals surface area contributed by atoms with Gasteiger partial charge in [-0.15, -0.1) is 0 Å². The van der Waals surface area contributed by atoms with Gasteiger partial charge in [0.05, 0.1) is 42.7 Å². The third-order valence-electron chi connectivity index (χ3n) is 7.69. The lowest BCUT2D eigenvalue weighted by molar-refractivity contribution is 0.122. The highest BCUT2D eigenvalue weighted by Gasteiger charge is 2.21. The summed E-state index contributed by atoms with van der Waals surface area (Å²) in [6.07, 6.45) is 0. The van der Waals surface area contributed by atoms with Crippen molar-refractivity contribution < 1.29 is 28.4 Å². The van der Waals surface area contributed by atoms with Gasteiger partial charge in [0.2, 0.25) is 11.5 Å². The lowest BCUT2D eigenvalue weighted by Crippen LogP contribution is -2.45. The first-order valence-corrected chi connectivity index (χ1v) is 13.4.